The summed E-state index contributed by atoms with van der Waals surface area (Å²) in [5, 5.41) is 7.43. The Morgan fingerprint density at radius 1 is 1.21 bits per heavy atom. The van der Waals surface area contributed by atoms with E-state index in [1.54, 1.807) is 19.5 Å². The van der Waals surface area contributed by atoms with Crippen LogP contribution in [0.2, 0.25) is 0 Å². The predicted molar refractivity (Wildman–Crippen MR) is 91.9 cm³/mol. The first-order valence-corrected chi connectivity index (χ1v) is 8.34. The van der Waals surface area contributed by atoms with Gasteiger partial charge < -0.3 is 4.74 Å². The van der Waals surface area contributed by atoms with Crippen LogP contribution in [0.3, 0.4) is 0 Å². The van der Waals surface area contributed by atoms with Crippen molar-refractivity contribution < 1.29 is 4.74 Å². The van der Waals surface area contributed by atoms with Gasteiger partial charge in [-0.15, -0.1) is 0 Å². The van der Waals surface area contributed by atoms with Crippen LogP contribution in [-0.2, 0) is 6.54 Å². The molecule has 3 aromatic rings. The number of fused-ring (bicyclic) bond motifs is 1. The number of H-pyrrole nitrogens is 1. The fraction of sp³-hybridized carbons (Fsp3) is 0.389. The van der Waals surface area contributed by atoms with Crippen LogP contribution in [0.4, 0.5) is 0 Å². The second-order valence-corrected chi connectivity index (χ2v) is 6.27. The van der Waals surface area contributed by atoms with E-state index < -0.39 is 0 Å². The second kappa shape index (κ2) is 6.57. The van der Waals surface area contributed by atoms with Gasteiger partial charge in [0, 0.05) is 24.9 Å². The van der Waals surface area contributed by atoms with Crippen molar-refractivity contribution in [2.24, 2.45) is 0 Å². The van der Waals surface area contributed by atoms with Crippen LogP contribution in [0, 0.1) is 0 Å². The lowest BCUT2D eigenvalue weighted by Crippen LogP contribution is -2.32. The van der Waals surface area contributed by atoms with Gasteiger partial charge >= 0.3 is 0 Å². The maximum absolute atomic E-state index is 5.31. The van der Waals surface area contributed by atoms with Crippen LogP contribution in [0.25, 0.3) is 11.2 Å². The highest BCUT2D eigenvalue weighted by Crippen LogP contribution is 2.30. The number of hydrogen-bond donors (Lipinski definition) is 1. The quantitative estimate of drug-likeness (QED) is 0.799. The van der Waals surface area contributed by atoms with E-state index >= 15 is 0 Å². The third-order valence-corrected chi connectivity index (χ3v) is 4.75. The van der Waals surface area contributed by atoms with Gasteiger partial charge in [0.25, 0.3) is 0 Å². The Morgan fingerprint density at radius 3 is 2.88 bits per heavy atom. The summed E-state index contributed by atoms with van der Waals surface area (Å²) >= 11 is 0. The maximum atomic E-state index is 5.31. The summed E-state index contributed by atoms with van der Waals surface area (Å²) in [6, 6.07) is 8.31. The van der Waals surface area contributed by atoms with Crippen LogP contribution >= 0.6 is 0 Å². The molecule has 3 heterocycles. The zero-order valence-electron chi connectivity index (χ0n) is 13.8. The van der Waals surface area contributed by atoms with Gasteiger partial charge in [0.15, 0.2) is 5.65 Å². The molecular formula is C18H21N5O. The molecule has 0 bridgehead atoms. The minimum atomic E-state index is 0.480. The number of methoxy groups -OCH3 is 1. The van der Waals surface area contributed by atoms with Crippen molar-refractivity contribution in [3.05, 3.63) is 47.9 Å². The van der Waals surface area contributed by atoms with Gasteiger partial charge in [-0.3, -0.25) is 10.00 Å². The Kier molecular flexibility index (Phi) is 4.13. The first kappa shape index (κ1) is 15.1. The molecule has 1 N–H and O–H groups in total. The summed E-state index contributed by atoms with van der Waals surface area (Å²) < 4.78 is 5.31. The minimum Gasteiger partial charge on any atom is -0.497 e. The molecule has 1 aliphatic heterocycles. The van der Waals surface area contributed by atoms with Crippen molar-refractivity contribution in [3.63, 3.8) is 0 Å². The number of nitrogens with zero attached hydrogens (tertiary/aromatic N) is 4. The third kappa shape index (κ3) is 2.97. The first-order valence-electron chi connectivity index (χ1n) is 8.34. The van der Waals surface area contributed by atoms with Crippen molar-refractivity contribution in [3.8, 4) is 5.75 Å². The molecule has 0 saturated carbocycles. The molecule has 1 aliphatic rings. The Labute approximate surface area is 140 Å². The van der Waals surface area contributed by atoms with Crippen molar-refractivity contribution in [1.82, 2.24) is 25.1 Å². The van der Waals surface area contributed by atoms with E-state index in [-0.39, 0.29) is 0 Å². The summed E-state index contributed by atoms with van der Waals surface area (Å²) in [7, 11) is 1.71. The number of nitrogens with one attached hydrogen (secondary N) is 1. The van der Waals surface area contributed by atoms with Gasteiger partial charge in [-0.1, -0.05) is 12.1 Å². The lowest BCUT2D eigenvalue weighted by Gasteiger charge is -2.31. The van der Waals surface area contributed by atoms with Crippen molar-refractivity contribution in [2.75, 3.05) is 20.2 Å². The van der Waals surface area contributed by atoms with E-state index in [2.05, 4.69) is 43.3 Å². The molecule has 124 valence electrons. The topological polar surface area (TPSA) is 66.9 Å². The summed E-state index contributed by atoms with van der Waals surface area (Å²) in [6.07, 6.45) is 5.64. The Bertz CT molecular complexity index is 823. The van der Waals surface area contributed by atoms with Gasteiger partial charge in [-0.25, -0.2) is 9.97 Å². The number of aromatic amines is 1. The van der Waals surface area contributed by atoms with Crippen LogP contribution in [0.15, 0.2) is 36.7 Å². The standard InChI is InChI=1S/C18H21N5O/c1-24-15-4-2-3-13(11-15)12-23-9-5-14(6-10-23)16-17-18(22-21-16)20-8-7-19-17/h2-4,7-8,11,14H,5-6,9-10,12H2,1H3,(H,20,21,22). The average Bonchev–Trinajstić information content (AvgIpc) is 3.07. The number of ether oxygens (including phenoxy) is 1. The lowest BCUT2D eigenvalue weighted by atomic mass is 9.93. The van der Waals surface area contributed by atoms with Gasteiger partial charge in [0.1, 0.15) is 11.3 Å². The summed E-state index contributed by atoms with van der Waals surface area (Å²) in [6.45, 7) is 3.11. The molecule has 0 unspecified atom stereocenters. The van der Waals surface area contributed by atoms with Crippen molar-refractivity contribution >= 4 is 11.2 Å². The Morgan fingerprint density at radius 2 is 2.04 bits per heavy atom. The normalized spacial score (nSPS) is 16.5. The largest absolute Gasteiger partial charge is 0.497 e. The van der Waals surface area contributed by atoms with Crippen LogP contribution in [-0.4, -0.2) is 45.3 Å². The number of piperidine rings is 1. The molecule has 24 heavy (non-hydrogen) atoms. The minimum absolute atomic E-state index is 0.480. The SMILES string of the molecule is COc1cccc(CN2CCC(c3[nH]nc4nccnc34)CC2)c1. The number of aromatic nitrogens is 4. The second-order valence-electron chi connectivity index (χ2n) is 6.27. The number of hydrogen-bond acceptors (Lipinski definition) is 5. The van der Waals surface area contributed by atoms with E-state index in [0.717, 1.165) is 49.4 Å². The zero-order valence-corrected chi connectivity index (χ0v) is 13.8. The Hall–Kier alpha value is -2.47. The van der Waals surface area contributed by atoms with Gasteiger partial charge in [-0.05, 0) is 43.6 Å². The van der Waals surface area contributed by atoms with Gasteiger partial charge in [0.05, 0.1) is 12.8 Å². The highest BCUT2D eigenvalue weighted by atomic mass is 16.5. The molecule has 0 aliphatic carbocycles. The maximum Gasteiger partial charge on any atom is 0.199 e. The molecule has 2 aromatic heterocycles. The highest BCUT2D eigenvalue weighted by Gasteiger charge is 2.24. The first-order chi connectivity index (χ1) is 11.8. The van der Waals surface area contributed by atoms with E-state index in [1.165, 1.54) is 5.56 Å². The molecule has 0 spiro atoms. The Balaban J connectivity index is 1.41. The van der Waals surface area contributed by atoms with Crippen LogP contribution in [0.1, 0.15) is 30.0 Å². The molecule has 6 heteroatoms. The molecule has 6 nitrogen and oxygen atoms in total. The molecule has 0 amide bonds. The summed E-state index contributed by atoms with van der Waals surface area (Å²) in [5.74, 6) is 1.40. The fourth-order valence-corrected chi connectivity index (χ4v) is 3.46. The van der Waals surface area contributed by atoms with E-state index in [0.29, 0.717) is 11.6 Å². The molecule has 1 aromatic carbocycles. The van der Waals surface area contributed by atoms with E-state index in [1.807, 2.05) is 6.07 Å². The van der Waals surface area contributed by atoms with E-state index in [4.69, 9.17) is 4.74 Å². The van der Waals surface area contributed by atoms with Crippen LogP contribution < -0.4 is 4.74 Å². The van der Waals surface area contributed by atoms with Gasteiger partial charge in [-0.2, -0.15) is 5.10 Å². The summed E-state index contributed by atoms with van der Waals surface area (Å²) in [5.41, 5.74) is 4.07. The smallest absolute Gasteiger partial charge is 0.199 e. The number of likely N-dealkylation sites (tertiary alicyclic amines) is 1. The molecule has 1 saturated heterocycles. The van der Waals surface area contributed by atoms with Gasteiger partial charge in [0.2, 0.25) is 0 Å². The van der Waals surface area contributed by atoms with Crippen LogP contribution in [0.5, 0.6) is 5.75 Å². The zero-order chi connectivity index (χ0) is 16.4. The monoisotopic (exact) mass is 323 g/mol. The molecule has 1 fully saturated rings. The molecular weight excluding hydrogens is 302 g/mol. The number of rotatable bonds is 4. The van der Waals surface area contributed by atoms with E-state index in [9.17, 15) is 0 Å². The summed E-state index contributed by atoms with van der Waals surface area (Å²) in [4.78, 5) is 11.2. The van der Waals surface area contributed by atoms with Crippen molar-refractivity contribution in [1.29, 1.82) is 0 Å². The average molecular weight is 323 g/mol. The predicted octanol–water partition coefficient (Wildman–Crippen LogP) is 2.74. The van der Waals surface area contributed by atoms with Crippen molar-refractivity contribution in [2.45, 2.75) is 25.3 Å². The molecule has 4 rings (SSSR count). The number of benzene rings is 1. The molecule has 0 atom stereocenters. The fourth-order valence-electron chi connectivity index (χ4n) is 3.46. The lowest BCUT2D eigenvalue weighted by molar-refractivity contribution is 0.203. The third-order valence-electron chi connectivity index (χ3n) is 4.75. The molecule has 0 radical (unpaired) electrons. The highest BCUT2D eigenvalue weighted by molar-refractivity contribution is 5.72.